The normalized spacial score (nSPS) is 14.4. The lowest BCUT2D eigenvalue weighted by molar-refractivity contribution is 0.0743. The minimum Gasteiger partial charge on any atom is -0.331 e. The number of carbonyl (C=O) groups is 1. The van der Waals surface area contributed by atoms with E-state index in [9.17, 15) is 9.59 Å². The Morgan fingerprint density at radius 3 is 2.83 bits per heavy atom. The summed E-state index contributed by atoms with van der Waals surface area (Å²) in [5.74, 6) is 0.512. The average molecular weight is 328 g/mol. The van der Waals surface area contributed by atoms with Gasteiger partial charge in [-0.3, -0.25) is 14.2 Å². The molecule has 8 heteroatoms. The molecule has 8 nitrogen and oxygen atoms in total. The standard InChI is InChI=1S/C16H20N6O2/c1-20(2)10-13-8-15(23)22-7-3-6-21(11-14(22)19-13)16(24)12-4-5-17-18-9-12/h4-5,8-9H,3,6-7,10-11H2,1-2H3. The maximum Gasteiger partial charge on any atom is 0.255 e. The molecular formula is C16H20N6O2. The maximum atomic E-state index is 12.6. The van der Waals surface area contributed by atoms with E-state index in [1.165, 1.54) is 12.4 Å². The molecule has 0 atom stereocenters. The van der Waals surface area contributed by atoms with Crippen LogP contribution in [0.1, 0.15) is 28.3 Å². The molecule has 2 aromatic heterocycles. The summed E-state index contributed by atoms with van der Waals surface area (Å²) < 4.78 is 1.66. The summed E-state index contributed by atoms with van der Waals surface area (Å²) >= 11 is 0. The van der Waals surface area contributed by atoms with Crippen LogP contribution in [0.4, 0.5) is 0 Å². The first-order chi connectivity index (χ1) is 11.5. The summed E-state index contributed by atoms with van der Waals surface area (Å²) in [5, 5.41) is 7.45. The fourth-order valence-corrected chi connectivity index (χ4v) is 2.81. The third-order valence-corrected chi connectivity index (χ3v) is 3.88. The molecule has 0 aliphatic carbocycles. The Hall–Kier alpha value is -2.61. The molecule has 3 rings (SSSR count). The molecule has 0 radical (unpaired) electrons. The SMILES string of the molecule is CN(C)Cc1cc(=O)n2c(n1)CN(C(=O)c1ccnnc1)CCC2. The fourth-order valence-electron chi connectivity index (χ4n) is 2.81. The molecule has 126 valence electrons. The third-order valence-electron chi connectivity index (χ3n) is 3.88. The zero-order valence-corrected chi connectivity index (χ0v) is 13.8. The van der Waals surface area contributed by atoms with Crippen LogP contribution in [0.15, 0.2) is 29.3 Å². The number of carbonyl (C=O) groups excluding carboxylic acids is 1. The first kappa shape index (κ1) is 16.3. The van der Waals surface area contributed by atoms with E-state index >= 15 is 0 Å². The van der Waals surface area contributed by atoms with Crippen molar-refractivity contribution in [3.63, 3.8) is 0 Å². The van der Waals surface area contributed by atoms with Gasteiger partial charge in [-0.2, -0.15) is 10.2 Å². The summed E-state index contributed by atoms with van der Waals surface area (Å²) in [5.41, 5.74) is 1.15. The van der Waals surface area contributed by atoms with Crippen LogP contribution in [0.25, 0.3) is 0 Å². The summed E-state index contributed by atoms with van der Waals surface area (Å²) in [6.07, 6.45) is 3.67. The molecule has 0 saturated carbocycles. The molecule has 1 amide bonds. The number of fused-ring (bicyclic) bond motifs is 1. The highest BCUT2D eigenvalue weighted by atomic mass is 16.2. The van der Waals surface area contributed by atoms with Gasteiger partial charge in [0.25, 0.3) is 11.5 Å². The number of hydrogen-bond acceptors (Lipinski definition) is 6. The molecule has 0 saturated heterocycles. The van der Waals surface area contributed by atoms with Crippen molar-refractivity contribution >= 4 is 5.91 Å². The van der Waals surface area contributed by atoms with Gasteiger partial charge in [-0.05, 0) is 26.6 Å². The highest BCUT2D eigenvalue weighted by Gasteiger charge is 2.22. The Labute approximate surface area is 139 Å². The van der Waals surface area contributed by atoms with E-state index in [1.807, 2.05) is 19.0 Å². The van der Waals surface area contributed by atoms with Crippen LogP contribution in [0.2, 0.25) is 0 Å². The predicted octanol–water partition coefficient (Wildman–Crippen LogP) is 0.141. The zero-order chi connectivity index (χ0) is 17.1. The highest BCUT2D eigenvalue weighted by Crippen LogP contribution is 2.13. The van der Waals surface area contributed by atoms with Crippen molar-refractivity contribution in [2.24, 2.45) is 0 Å². The molecular weight excluding hydrogens is 308 g/mol. The molecule has 0 unspecified atom stereocenters. The smallest absolute Gasteiger partial charge is 0.255 e. The van der Waals surface area contributed by atoms with Crippen molar-refractivity contribution in [3.05, 3.63) is 52.0 Å². The van der Waals surface area contributed by atoms with Gasteiger partial charge in [-0.25, -0.2) is 4.98 Å². The van der Waals surface area contributed by atoms with E-state index in [2.05, 4.69) is 15.2 Å². The van der Waals surface area contributed by atoms with Crippen molar-refractivity contribution < 1.29 is 4.79 Å². The van der Waals surface area contributed by atoms with E-state index in [-0.39, 0.29) is 11.5 Å². The largest absolute Gasteiger partial charge is 0.331 e. The fraction of sp³-hybridized carbons (Fsp3) is 0.438. The zero-order valence-electron chi connectivity index (χ0n) is 13.8. The maximum absolute atomic E-state index is 12.6. The molecule has 1 aliphatic rings. The highest BCUT2D eigenvalue weighted by molar-refractivity contribution is 5.93. The van der Waals surface area contributed by atoms with Crippen molar-refractivity contribution in [3.8, 4) is 0 Å². The first-order valence-electron chi connectivity index (χ1n) is 7.85. The number of nitrogens with zero attached hydrogens (tertiary/aromatic N) is 6. The Balaban J connectivity index is 1.90. The van der Waals surface area contributed by atoms with E-state index in [0.717, 1.165) is 5.69 Å². The van der Waals surface area contributed by atoms with Crippen LogP contribution in [0, 0.1) is 0 Å². The summed E-state index contributed by atoms with van der Waals surface area (Å²) in [6, 6.07) is 3.22. The monoisotopic (exact) mass is 328 g/mol. The quantitative estimate of drug-likeness (QED) is 0.797. The lowest BCUT2D eigenvalue weighted by Crippen LogP contribution is -2.32. The van der Waals surface area contributed by atoms with Crippen LogP contribution < -0.4 is 5.56 Å². The first-order valence-corrected chi connectivity index (χ1v) is 7.85. The molecule has 0 N–H and O–H groups in total. The van der Waals surface area contributed by atoms with Crippen LogP contribution in [-0.4, -0.2) is 56.1 Å². The van der Waals surface area contributed by atoms with E-state index in [0.29, 0.717) is 44.0 Å². The third kappa shape index (κ3) is 3.48. The Morgan fingerprint density at radius 1 is 1.29 bits per heavy atom. The minimum atomic E-state index is -0.120. The predicted molar refractivity (Wildman–Crippen MR) is 87.3 cm³/mol. The molecule has 0 bridgehead atoms. The number of aromatic nitrogens is 4. The molecule has 3 heterocycles. The second-order valence-corrected chi connectivity index (χ2v) is 6.10. The summed E-state index contributed by atoms with van der Waals surface area (Å²) in [6.45, 7) is 2.05. The van der Waals surface area contributed by atoms with Crippen molar-refractivity contribution in [1.29, 1.82) is 0 Å². The minimum absolute atomic E-state index is 0.0586. The topological polar surface area (TPSA) is 84.2 Å². The number of rotatable bonds is 3. The van der Waals surface area contributed by atoms with Crippen molar-refractivity contribution in [2.75, 3.05) is 20.6 Å². The van der Waals surface area contributed by atoms with Gasteiger partial charge in [-0.15, -0.1) is 0 Å². The molecule has 0 fully saturated rings. The Kier molecular flexibility index (Phi) is 4.66. The van der Waals surface area contributed by atoms with E-state index in [1.54, 1.807) is 21.6 Å². The number of amides is 1. The van der Waals surface area contributed by atoms with Crippen LogP contribution in [0.3, 0.4) is 0 Å². The van der Waals surface area contributed by atoms with Gasteiger partial charge in [0.15, 0.2) is 0 Å². The second-order valence-electron chi connectivity index (χ2n) is 6.10. The molecule has 24 heavy (non-hydrogen) atoms. The molecule has 0 aromatic carbocycles. The van der Waals surface area contributed by atoms with Crippen LogP contribution >= 0.6 is 0 Å². The lowest BCUT2D eigenvalue weighted by atomic mass is 10.2. The Bertz CT molecular complexity index is 787. The van der Waals surface area contributed by atoms with Gasteiger partial charge < -0.3 is 9.80 Å². The lowest BCUT2D eigenvalue weighted by Gasteiger charge is -2.20. The molecule has 0 spiro atoms. The van der Waals surface area contributed by atoms with E-state index < -0.39 is 0 Å². The summed E-state index contributed by atoms with van der Waals surface area (Å²) in [4.78, 5) is 33.3. The van der Waals surface area contributed by atoms with Crippen LogP contribution in [-0.2, 0) is 19.6 Å². The summed E-state index contributed by atoms with van der Waals surface area (Å²) in [7, 11) is 3.86. The average Bonchev–Trinajstić information content (AvgIpc) is 2.77. The number of hydrogen-bond donors (Lipinski definition) is 0. The second kappa shape index (κ2) is 6.88. The van der Waals surface area contributed by atoms with Gasteiger partial charge in [-0.1, -0.05) is 0 Å². The van der Waals surface area contributed by atoms with Gasteiger partial charge in [0.2, 0.25) is 0 Å². The van der Waals surface area contributed by atoms with Crippen molar-refractivity contribution in [1.82, 2.24) is 29.5 Å². The van der Waals surface area contributed by atoms with Crippen LogP contribution in [0.5, 0.6) is 0 Å². The van der Waals surface area contributed by atoms with Gasteiger partial charge in [0.05, 0.1) is 30.2 Å². The van der Waals surface area contributed by atoms with Gasteiger partial charge in [0.1, 0.15) is 5.82 Å². The molecule has 2 aromatic rings. The van der Waals surface area contributed by atoms with Gasteiger partial charge in [0, 0.05) is 25.7 Å². The van der Waals surface area contributed by atoms with Crippen molar-refractivity contribution in [2.45, 2.75) is 26.1 Å². The Morgan fingerprint density at radius 2 is 2.12 bits per heavy atom. The van der Waals surface area contributed by atoms with Gasteiger partial charge >= 0.3 is 0 Å². The van der Waals surface area contributed by atoms with E-state index in [4.69, 9.17) is 0 Å². The molecule has 1 aliphatic heterocycles.